The fraction of sp³-hybridized carbons (Fsp3) is 0.250. The quantitative estimate of drug-likeness (QED) is 0.378. The van der Waals surface area contributed by atoms with Crippen LogP contribution in [0.4, 0.5) is 0 Å². The van der Waals surface area contributed by atoms with Crippen molar-refractivity contribution in [3.8, 4) is 0 Å². The molecular formula is C4H5BrO3. The lowest BCUT2D eigenvalue weighted by Crippen LogP contribution is -1.91. The minimum Gasteiger partial charge on any atom is -0.511 e. The Morgan fingerprint density at radius 1 is 1.62 bits per heavy atom. The third kappa shape index (κ3) is 3.67. The molecule has 46 valence electrons. The van der Waals surface area contributed by atoms with Crippen molar-refractivity contribution in [2.24, 2.45) is 0 Å². The number of carbonyl (C=O) groups is 1. The second kappa shape index (κ2) is 3.49. The second-order valence-corrected chi connectivity index (χ2v) is 1.67. The molecule has 0 spiro atoms. The summed E-state index contributed by atoms with van der Waals surface area (Å²) in [5.74, 6) is -1.32. The summed E-state index contributed by atoms with van der Waals surface area (Å²) in [7, 11) is 0. The molecule has 0 aromatic carbocycles. The van der Waals surface area contributed by atoms with Crippen LogP contribution >= 0.6 is 15.9 Å². The number of aliphatic carboxylic acids is 1. The lowest BCUT2D eigenvalue weighted by Gasteiger charge is -1.85. The monoisotopic (exact) mass is 180 g/mol. The van der Waals surface area contributed by atoms with Gasteiger partial charge in [-0.3, -0.25) is 0 Å². The van der Waals surface area contributed by atoms with Gasteiger partial charge in [0, 0.05) is 0 Å². The molecule has 2 N–H and O–H groups in total. The molecular weight excluding hydrogens is 176 g/mol. The van der Waals surface area contributed by atoms with E-state index in [1.165, 1.54) is 0 Å². The van der Waals surface area contributed by atoms with Crippen molar-refractivity contribution >= 4 is 21.9 Å². The third-order valence-corrected chi connectivity index (χ3v) is 1.00. The van der Waals surface area contributed by atoms with Gasteiger partial charge in [0.1, 0.15) is 5.76 Å². The number of hydrogen-bond donors (Lipinski definition) is 2. The molecule has 0 aliphatic rings. The van der Waals surface area contributed by atoms with Gasteiger partial charge < -0.3 is 10.2 Å². The summed E-state index contributed by atoms with van der Waals surface area (Å²) in [6.45, 7) is 0. The van der Waals surface area contributed by atoms with Crippen LogP contribution in [0.1, 0.15) is 0 Å². The Kier molecular flexibility index (Phi) is 3.26. The van der Waals surface area contributed by atoms with Crippen LogP contribution in [-0.2, 0) is 4.79 Å². The van der Waals surface area contributed by atoms with Gasteiger partial charge >= 0.3 is 5.97 Å². The van der Waals surface area contributed by atoms with E-state index in [-0.39, 0.29) is 11.1 Å². The Morgan fingerprint density at radius 2 is 2.12 bits per heavy atom. The largest absolute Gasteiger partial charge is 0.511 e. The number of aliphatic hydroxyl groups is 1. The van der Waals surface area contributed by atoms with E-state index in [2.05, 4.69) is 15.9 Å². The van der Waals surface area contributed by atoms with Crippen molar-refractivity contribution in [1.82, 2.24) is 0 Å². The SMILES string of the molecule is O=C(O)/C=C(\O)CBr. The highest BCUT2D eigenvalue weighted by Gasteiger charge is 1.91. The van der Waals surface area contributed by atoms with Crippen molar-refractivity contribution in [2.75, 3.05) is 5.33 Å². The van der Waals surface area contributed by atoms with Crippen LogP contribution in [0.2, 0.25) is 0 Å². The first-order valence-corrected chi connectivity index (χ1v) is 2.97. The molecule has 0 heterocycles. The summed E-state index contributed by atoms with van der Waals surface area (Å²) in [4.78, 5) is 9.71. The molecule has 0 rings (SSSR count). The third-order valence-electron chi connectivity index (χ3n) is 0.427. The van der Waals surface area contributed by atoms with Gasteiger partial charge in [-0.1, -0.05) is 15.9 Å². The number of hydrogen-bond acceptors (Lipinski definition) is 2. The predicted octanol–water partition coefficient (Wildman–Crippen LogP) is 0.908. The van der Waals surface area contributed by atoms with Gasteiger partial charge in [0.2, 0.25) is 0 Å². The molecule has 0 radical (unpaired) electrons. The van der Waals surface area contributed by atoms with E-state index >= 15 is 0 Å². The van der Waals surface area contributed by atoms with Crippen LogP contribution in [0.25, 0.3) is 0 Å². The van der Waals surface area contributed by atoms with Crippen LogP contribution in [0, 0.1) is 0 Å². The minimum atomic E-state index is -1.14. The zero-order valence-corrected chi connectivity index (χ0v) is 5.55. The van der Waals surface area contributed by atoms with E-state index in [0.717, 1.165) is 6.08 Å². The van der Waals surface area contributed by atoms with Crippen LogP contribution in [-0.4, -0.2) is 21.5 Å². The van der Waals surface area contributed by atoms with Crippen molar-refractivity contribution in [1.29, 1.82) is 0 Å². The van der Waals surface area contributed by atoms with Crippen molar-refractivity contribution in [3.63, 3.8) is 0 Å². The summed E-state index contributed by atoms with van der Waals surface area (Å²) in [5.41, 5.74) is 0. The summed E-state index contributed by atoms with van der Waals surface area (Å²) in [6.07, 6.45) is 0.731. The Morgan fingerprint density at radius 3 is 2.25 bits per heavy atom. The molecule has 0 aromatic rings. The fourth-order valence-electron chi connectivity index (χ4n) is 0.181. The van der Waals surface area contributed by atoms with E-state index < -0.39 is 5.97 Å². The molecule has 0 aliphatic heterocycles. The van der Waals surface area contributed by atoms with Gasteiger partial charge in [0.15, 0.2) is 0 Å². The zero-order valence-electron chi connectivity index (χ0n) is 3.97. The Labute approximate surface area is 54.8 Å². The molecule has 0 aromatic heterocycles. The van der Waals surface area contributed by atoms with E-state index in [4.69, 9.17) is 10.2 Å². The number of aliphatic hydroxyl groups excluding tert-OH is 1. The van der Waals surface area contributed by atoms with E-state index in [0.29, 0.717) is 0 Å². The standard InChI is InChI=1S/C4H5BrO3/c5-2-3(6)1-4(7)8/h1,6H,2H2,(H,7,8)/b3-1-. The van der Waals surface area contributed by atoms with Gasteiger partial charge in [0.05, 0.1) is 11.4 Å². The first-order chi connectivity index (χ1) is 3.66. The maximum absolute atomic E-state index is 9.71. The summed E-state index contributed by atoms with van der Waals surface area (Å²) in [5, 5.41) is 16.6. The maximum atomic E-state index is 9.71. The minimum absolute atomic E-state index is 0.180. The van der Waals surface area contributed by atoms with Gasteiger partial charge in [-0.05, 0) is 0 Å². The van der Waals surface area contributed by atoms with E-state index in [9.17, 15) is 4.79 Å². The van der Waals surface area contributed by atoms with Crippen LogP contribution in [0.15, 0.2) is 11.8 Å². The van der Waals surface area contributed by atoms with Crippen molar-refractivity contribution < 1.29 is 15.0 Å². The molecule has 0 fully saturated rings. The highest BCUT2D eigenvalue weighted by Crippen LogP contribution is 1.92. The molecule has 3 nitrogen and oxygen atoms in total. The first-order valence-electron chi connectivity index (χ1n) is 1.85. The number of allylic oxidation sites excluding steroid dienone is 1. The van der Waals surface area contributed by atoms with Crippen LogP contribution in [0.5, 0.6) is 0 Å². The van der Waals surface area contributed by atoms with Gasteiger partial charge in [-0.25, -0.2) is 4.79 Å². The number of carboxylic acids is 1. The van der Waals surface area contributed by atoms with Crippen molar-refractivity contribution in [3.05, 3.63) is 11.8 Å². The molecule has 4 heteroatoms. The predicted molar refractivity (Wildman–Crippen MR) is 32.1 cm³/mol. The molecule has 8 heavy (non-hydrogen) atoms. The molecule has 0 amide bonds. The van der Waals surface area contributed by atoms with Crippen LogP contribution in [0.3, 0.4) is 0 Å². The second-order valence-electron chi connectivity index (χ2n) is 1.11. The molecule has 0 aliphatic carbocycles. The Bertz CT molecular complexity index is 118. The van der Waals surface area contributed by atoms with Gasteiger partial charge in [-0.2, -0.15) is 0 Å². The van der Waals surface area contributed by atoms with E-state index in [1.54, 1.807) is 0 Å². The van der Waals surface area contributed by atoms with Crippen LogP contribution < -0.4 is 0 Å². The van der Waals surface area contributed by atoms with Crippen molar-refractivity contribution in [2.45, 2.75) is 0 Å². The lowest BCUT2D eigenvalue weighted by atomic mass is 10.5. The molecule has 0 saturated carbocycles. The van der Waals surface area contributed by atoms with E-state index in [1.807, 2.05) is 0 Å². The fourth-order valence-corrected chi connectivity index (χ4v) is 0.343. The maximum Gasteiger partial charge on any atom is 0.331 e. The molecule has 0 atom stereocenters. The van der Waals surface area contributed by atoms with Gasteiger partial charge in [-0.15, -0.1) is 0 Å². The average molecular weight is 181 g/mol. The Hall–Kier alpha value is -0.510. The molecule has 0 saturated heterocycles. The van der Waals surface area contributed by atoms with Gasteiger partial charge in [0.25, 0.3) is 0 Å². The highest BCUT2D eigenvalue weighted by atomic mass is 79.9. The zero-order chi connectivity index (χ0) is 6.57. The average Bonchev–Trinajstić information content (AvgIpc) is 1.65. The number of rotatable bonds is 2. The first kappa shape index (κ1) is 7.49. The smallest absolute Gasteiger partial charge is 0.331 e. The normalized spacial score (nSPS) is 11.4. The number of halogens is 1. The molecule has 0 unspecified atom stereocenters. The summed E-state index contributed by atoms with van der Waals surface area (Å²) in [6, 6.07) is 0. The number of alkyl halides is 1. The number of carboxylic acid groups (broad SMARTS) is 1. The highest BCUT2D eigenvalue weighted by molar-refractivity contribution is 9.09. The summed E-state index contributed by atoms with van der Waals surface area (Å²) < 4.78 is 0. The lowest BCUT2D eigenvalue weighted by molar-refractivity contribution is -0.131. The molecule has 0 bridgehead atoms. The summed E-state index contributed by atoms with van der Waals surface area (Å²) >= 11 is 2.86. The topological polar surface area (TPSA) is 57.5 Å². The Balaban J connectivity index is 3.75.